The Kier molecular flexibility index (Phi) is 7.82. The highest BCUT2D eigenvalue weighted by Crippen LogP contribution is 2.16. The predicted molar refractivity (Wildman–Crippen MR) is 97.3 cm³/mol. The number of hydrogen-bond acceptors (Lipinski definition) is 4. The molecule has 1 unspecified atom stereocenters. The number of aryl methyl sites for hydroxylation is 2. The number of rotatable bonds is 8. The van der Waals surface area contributed by atoms with Crippen LogP contribution in [-0.4, -0.2) is 55.7 Å². The lowest BCUT2D eigenvalue weighted by Crippen LogP contribution is -2.40. The molecular formula is C17H30N4OS. The zero-order valence-corrected chi connectivity index (χ0v) is 15.5. The predicted octanol–water partition coefficient (Wildman–Crippen LogP) is 2.71. The standard InChI is InChI=1S/C17H30N4OS/c1-4-18-17(21-10-8-15(11-21)12-22-3)19-9-6-5-7-16-20-14(2)13-23-16/h13,15H,4-12H2,1-3H3,(H,18,19). The van der Waals surface area contributed by atoms with E-state index in [1.807, 2.05) is 0 Å². The van der Waals surface area contributed by atoms with Crippen LogP contribution in [0.15, 0.2) is 10.4 Å². The number of likely N-dealkylation sites (tertiary alicyclic amines) is 1. The minimum absolute atomic E-state index is 0.636. The van der Waals surface area contributed by atoms with Crippen LogP contribution in [0.4, 0.5) is 0 Å². The summed E-state index contributed by atoms with van der Waals surface area (Å²) in [6.45, 7) is 8.98. The van der Waals surface area contributed by atoms with E-state index in [0.717, 1.165) is 63.7 Å². The quantitative estimate of drug-likeness (QED) is 0.450. The largest absolute Gasteiger partial charge is 0.384 e. The van der Waals surface area contributed by atoms with E-state index in [1.54, 1.807) is 18.4 Å². The highest BCUT2D eigenvalue weighted by Gasteiger charge is 2.24. The summed E-state index contributed by atoms with van der Waals surface area (Å²) in [7, 11) is 1.78. The van der Waals surface area contributed by atoms with Gasteiger partial charge in [-0.2, -0.15) is 0 Å². The van der Waals surface area contributed by atoms with Crippen molar-refractivity contribution in [1.82, 2.24) is 15.2 Å². The first-order chi connectivity index (χ1) is 11.2. The lowest BCUT2D eigenvalue weighted by atomic mass is 10.1. The van der Waals surface area contributed by atoms with Crippen LogP contribution >= 0.6 is 11.3 Å². The molecule has 1 aromatic heterocycles. The molecule has 1 aliphatic rings. The van der Waals surface area contributed by atoms with Crippen molar-refractivity contribution in [3.05, 3.63) is 16.1 Å². The molecule has 0 aromatic carbocycles. The van der Waals surface area contributed by atoms with Crippen LogP contribution in [-0.2, 0) is 11.2 Å². The summed E-state index contributed by atoms with van der Waals surface area (Å²) in [6.07, 6.45) is 4.54. The van der Waals surface area contributed by atoms with E-state index < -0.39 is 0 Å². The number of ether oxygens (including phenoxy) is 1. The molecule has 5 nitrogen and oxygen atoms in total. The first kappa shape index (κ1) is 18.2. The Morgan fingerprint density at radius 3 is 3.09 bits per heavy atom. The maximum Gasteiger partial charge on any atom is 0.193 e. The molecule has 1 aliphatic heterocycles. The summed E-state index contributed by atoms with van der Waals surface area (Å²) in [5.74, 6) is 1.70. The number of guanidine groups is 1. The van der Waals surface area contributed by atoms with Crippen LogP contribution in [0.1, 0.15) is 36.9 Å². The van der Waals surface area contributed by atoms with Gasteiger partial charge in [0.1, 0.15) is 0 Å². The van der Waals surface area contributed by atoms with Crippen molar-refractivity contribution < 1.29 is 4.74 Å². The maximum atomic E-state index is 5.28. The van der Waals surface area contributed by atoms with Crippen LogP contribution in [0.2, 0.25) is 0 Å². The van der Waals surface area contributed by atoms with E-state index in [2.05, 4.69) is 34.4 Å². The summed E-state index contributed by atoms with van der Waals surface area (Å²) in [5, 5.41) is 6.80. The molecule has 130 valence electrons. The van der Waals surface area contributed by atoms with Gasteiger partial charge in [0.2, 0.25) is 0 Å². The van der Waals surface area contributed by atoms with Gasteiger partial charge in [0, 0.05) is 50.3 Å². The Labute approximate surface area is 144 Å². The van der Waals surface area contributed by atoms with Crippen LogP contribution in [0, 0.1) is 12.8 Å². The van der Waals surface area contributed by atoms with Crippen LogP contribution in [0.25, 0.3) is 0 Å². The number of thiazole rings is 1. The molecule has 1 atom stereocenters. The fraction of sp³-hybridized carbons (Fsp3) is 0.765. The summed E-state index contributed by atoms with van der Waals surface area (Å²) >= 11 is 1.77. The number of unbranched alkanes of at least 4 members (excludes halogenated alkanes) is 1. The summed E-state index contributed by atoms with van der Waals surface area (Å²) in [4.78, 5) is 11.7. The van der Waals surface area contributed by atoms with Gasteiger partial charge in [0.05, 0.1) is 11.6 Å². The lowest BCUT2D eigenvalue weighted by Gasteiger charge is -2.21. The zero-order chi connectivity index (χ0) is 16.5. The van der Waals surface area contributed by atoms with E-state index in [-0.39, 0.29) is 0 Å². The average molecular weight is 339 g/mol. The molecule has 0 radical (unpaired) electrons. The second-order valence-electron chi connectivity index (χ2n) is 6.13. The van der Waals surface area contributed by atoms with Crippen LogP contribution < -0.4 is 5.32 Å². The Morgan fingerprint density at radius 1 is 1.52 bits per heavy atom. The molecule has 1 fully saturated rings. The number of aromatic nitrogens is 1. The third-order valence-electron chi connectivity index (χ3n) is 4.05. The topological polar surface area (TPSA) is 49.8 Å². The molecule has 6 heteroatoms. The first-order valence-corrected chi connectivity index (χ1v) is 9.54. The lowest BCUT2D eigenvalue weighted by molar-refractivity contribution is 0.157. The van der Waals surface area contributed by atoms with Gasteiger partial charge in [-0.25, -0.2) is 4.98 Å². The van der Waals surface area contributed by atoms with Gasteiger partial charge in [-0.3, -0.25) is 4.99 Å². The van der Waals surface area contributed by atoms with Gasteiger partial charge in [-0.15, -0.1) is 11.3 Å². The number of hydrogen-bond donors (Lipinski definition) is 1. The molecule has 0 bridgehead atoms. The first-order valence-electron chi connectivity index (χ1n) is 8.66. The highest BCUT2D eigenvalue weighted by molar-refractivity contribution is 7.09. The number of nitrogens with one attached hydrogen (secondary N) is 1. The smallest absolute Gasteiger partial charge is 0.193 e. The molecule has 2 heterocycles. The maximum absolute atomic E-state index is 5.28. The van der Waals surface area contributed by atoms with Crippen LogP contribution in [0.5, 0.6) is 0 Å². The Hall–Kier alpha value is -1.14. The summed E-state index contributed by atoms with van der Waals surface area (Å²) in [6, 6.07) is 0. The van der Waals surface area contributed by atoms with E-state index >= 15 is 0 Å². The van der Waals surface area contributed by atoms with Crippen molar-refractivity contribution in [3.8, 4) is 0 Å². The van der Waals surface area contributed by atoms with Gasteiger partial charge < -0.3 is 15.0 Å². The van der Waals surface area contributed by atoms with Gasteiger partial charge in [-0.1, -0.05) is 0 Å². The number of methoxy groups -OCH3 is 1. The minimum Gasteiger partial charge on any atom is -0.384 e. The van der Waals surface area contributed by atoms with Gasteiger partial charge in [0.15, 0.2) is 5.96 Å². The SMILES string of the molecule is CCNC(=NCCCCc1nc(C)cs1)N1CCC(COC)C1. The molecule has 2 rings (SSSR count). The Morgan fingerprint density at radius 2 is 2.39 bits per heavy atom. The molecule has 0 amide bonds. The van der Waals surface area contributed by atoms with Gasteiger partial charge in [0.25, 0.3) is 0 Å². The second-order valence-corrected chi connectivity index (χ2v) is 7.07. The third-order valence-corrected chi connectivity index (χ3v) is 5.08. The average Bonchev–Trinajstić information content (AvgIpc) is 3.15. The monoisotopic (exact) mass is 338 g/mol. The van der Waals surface area contributed by atoms with Crippen molar-refractivity contribution in [3.63, 3.8) is 0 Å². The van der Waals surface area contributed by atoms with Gasteiger partial charge >= 0.3 is 0 Å². The normalized spacial score (nSPS) is 18.7. The zero-order valence-electron chi connectivity index (χ0n) is 14.7. The Balaban J connectivity index is 1.73. The molecule has 1 aromatic rings. The van der Waals surface area contributed by atoms with E-state index in [1.165, 1.54) is 11.4 Å². The minimum atomic E-state index is 0.636. The molecule has 0 spiro atoms. The van der Waals surface area contributed by atoms with Crippen molar-refractivity contribution in [1.29, 1.82) is 0 Å². The van der Waals surface area contributed by atoms with Crippen molar-refractivity contribution in [2.45, 2.75) is 39.5 Å². The fourth-order valence-electron chi connectivity index (χ4n) is 2.91. The second kappa shape index (κ2) is 9.88. The van der Waals surface area contributed by atoms with Crippen molar-refractivity contribution in [2.75, 3.05) is 39.9 Å². The molecular weight excluding hydrogens is 308 g/mol. The Bertz CT molecular complexity index is 489. The number of aliphatic imine (C=N–C) groups is 1. The van der Waals surface area contributed by atoms with E-state index in [4.69, 9.17) is 9.73 Å². The van der Waals surface area contributed by atoms with E-state index in [0.29, 0.717) is 5.92 Å². The molecule has 1 saturated heterocycles. The van der Waals surface area contributed by atoms with Crippen molar-refractivity contribution in [2.24, 2.45) is 10.9 Å². The molecule has 0 aliphatic carbocycles. The summed E-state index contributed by atoms with van der Waals surface area (Å²) in [5.41, 5.74) is 1.14. The van der Waals surface area contributed by atoms with E-state index in [9.17, 15) is 0 Å². The molecule has 1 N–H and O–H groups in total. The fourth-order valence-corrected chi connectivity index (χ4v) is 3.73. The highest BCUT2D eigenvalue weighted by atomic mass is 32.1. The third kappa shape index (κ3) is 6.11. The number of nitrogens with zero attached hydrogens (tertiary/aromatic N) is 3. The van der Waals surface area contributed by atoms with Gasteiger partial charge in [-0.05, 0) is 39.5 Å². The summed E-state index contributed by atoms with van der Waals surface area (Å²) < 4.78 is 5.28. The molecule has 23 heavy (non-hydrogen) atoms. The van der Waals surface area contributed by atoms with Crippen LogP contribution in [0.3, 0.4) is 0 Å². The molecule has 0 saturated carbocycles. The van der Waals surface area contributed by atoms with Crippen molar-refractivity contribution >= 4 is 17.3 Å².